The number of rotatable bonds is 8. The van der Waals surface area contributed by atoms with Crippen LogP contribution in [0.3, 0.4) is 0 Å². The molecule has 0 N–H and O–H groups in total. The molecule has 1 aromatic heterocycles. The monoisotopic (exact) mass is 278 g/mol. The zero-order valence-corrected chi connectivity index (χ0v) is 12.3. The van der Waals surface area contributed by atoms with Gasteiger partial charge in [-0.3, -0.25) is 19.5 Å². The molecule has 20 heavy (non-hydrogen) atoms. The maximum absolute atomic E-state index is 11.6. The number of carbonyl (C=O) groups is 2. The number of ether oxygens (including phenoxy) is 1. The van der Waals surface area contributed by atoms with Gasteiger partial charge in [0, 0.05) is 30.8 Å². The van der Waals surface area contributed by atoms with Crippen LogP contribution in [-0.2, 0) is 20.7 Å². The van der Waals surface area contributed by atoms with E-state index in [1.165, 1.54) is 0 Å². The predicted octanol–water partition coefficient (Wildman–Crippen LogP) is 1.32. The van der Waals surface area contributed by atoms with E-state index >= 15 is 0 Å². The molecule has 0 unspecified atom stereocenters. The second-order valence-electron chi connectivity index (χ2n) is 5.09. The maximum atomic E-state index is 11.6. The minimum atomic E-state index is -0.373. The Balaban J connectivity index is 2.23. The molecule has 0 aliphatic carbocycles. The number of carbonyl (C=O) groups excluding carboxylic acids is 2. The van der Waals surface area contributed by atoms with Gasteiger partial charge in [0.05, 0.1) is 6.54 Å². The molecule has 0 aromatic carbocycles. The van der Waals surface area contributed by atoms with E-state index in [0.29, 0.717) is 6.54 Å². The van der Waals surface area contributed by atoms with Crippen molar-refractivity contribution in [2.75, 3.05) is 26.7 Å². The minimum Gasteiger partial charge on any atom is -0.457 e. The summed E-state index contributed by atoms with van der Waals surface area (Å²) in [6.45, 7) is 4.33. The normalized spacial score (nSPS) is 10.8. The summed E-state index contributed by atoms with van der Waals surface area (Å²) in [4.78, 5) is 29.0. The van der Waals surface area contributed by atoms with Crippen molar-refractivity contribution in [3.8, 4) is 0 Å². The van der Waals surface area contributed by atoms with E-state index in [9.17, 15) is 9.59 Å². The summed E-state index contributed by atoms with van der Waals surface area (Å²) in [7, 11) is 1.84. The van der Waals surface area contributed by atoms with Crippen molar-refractivity contribution in [1.29, 1.82) is 0 Å². The van der Waals surface area contributed by atoms with Crippen molar-refractivity contribution in [2.45, 2.75) is 20.3 Å². The first-order valence-corrected chi connectivity index (χ1v) is 6.76. The van der Waals surface area contributed by atoms with Gasteiger partial charge in [0.15, 0.2) is 5.78 Å². The van der Waals surface area contributed by atoms with Gasteiger partial charge in [0.1, 0.15) is 6.61 Å². The molecular formula is C15H22N2O3. The molecule has 0 fully saturated rings. The summed E-state index contributed by atoms with van der Waals surface area (Å²) in [6.07, 6.45) is 2.52. The predicted molar refractivity (Wildman–Crippen MR) is 76.2 cm³/mol. The number of Topliss-reactive ketones (excluding diaryl/α,β-unsaturated/α-hetero) is 1. The van der Waals surface area contributed by atoms with Gasteiger partial charge in [-0.1, -0.05) is 19.9 Å². The van der Waals surface area contributed by atoms with Crippen LogP contribution in [-0.4, -0.2) is 48.4 Å². The number of aromatic nitrogens is 1. The Hall–Kier alpha value is -1.75. The van der Waals surface area contributed by atoms with Gasteiger partial charge in [0.25, 0.3) is 0 Å². The van der Waals surface area contributed by atoms with Gasteiger partial charge in [0.2, 0.25) is 0 Å². The Kier molecular flexibility index (Phi) is 6.87. The molecule has 0 saturated heterocycles. The second kappa shape index (κ2) is 8.43. The van der Waals surface area contributed by atoms with E-state index < -0.39 is 0 Å². The summed E-state index contributed by atoms with van der Waals surface area (Å²) in [5.41, 5.74) is 0.989. The van der Waals surface area contributed by atoms with Crippen molar-refractivity contribution in [3.63, 3.8) is 0 Å². The van der Waals surface area contributed by atoms with E-state index in [4.69, 9.17) is 4.74 Å². The topological polar surface area (TPSA) is 59.5 Å². The van der Waals surface area contributed by atoms with Gasteiger partial charge < -0.3 is 4.74 Å². The van der Waals surface area contributed by atoms with Gasteiger partial charge in [-0.25, -0.2) is 0 Å². The number of hydrogen-bond donors (Lipinski definition) is 0. The highest BCUT2D eigenvalue weighted by molar-refractivity contribution is 5.84. The molecule has 5 nitrogen and oxygen atoms in total. The van der Waals surface area contributed by atoms with Crippen LogP contribution in [0.2, 0.25) is 0 Å². The molecular weight excluding hydrogens is 256 g/mol. The van der Waals surface area contributed by atoms with E-state index in [2.05, 4.69) is 4.98 Å². The molecule has 5 heteroatoms. The molecule has 1 aromatic rings. The fraction of sp³-hybridized carbons (Fsp3) is 0.533. The van der Waals surface area contributed by atoms with Crippen molar-refractivity contribution >= 4 is 11.8 Å². The van der Waals surface area contributed by atoms with Crippen LogP contribution in [0.5, 0.6) is 0 Å². The summed E-state index contributed by atoms with van der Waals surface area (Å²) in [5.74, 6) is -0.540. The fourth-order valence-electron chi connectivity index (χ4n) is 1.51. The third-order valence-corrected chi connectivity index (χ3v) is 2.89. The zero-order valence-electron chi connectivity index (χ0n) is 12.3. The molecule has 110 valence electrons. The Morgan fingerprint density at radius 2 is 2.10 bits per heavy atom. The lowest BCUT2D eigenvalue weighted by atomic mass is 10.1. The molecule has 1 heterocycles. The van der Waals surface area contributed by atoms with Crippen LogP contribution in [0.1, 0.15) is 19.5 Å². The molecule has 0 aliphatic heterocycles. The van der Waals surface area contributed by atoms with Crippen LogP contribution in [0.25, 0.3) is 0 Å². The van der Waals surface area contributed by atoms with Crippen LogP contribution in [0, 0.1) is 5.92 Å². The second-order valence-corrected chi connectivity index (χ2v) is 5.09. The standard InChI is InChI=1S/C15H22N2O3/c1-12(2)14(18)11-20-15(19)10-17(3)9-7-13-6-4-5-8-16-13/h4-6,8,12H,7,9-11H2,1-3H3. The number of pyridine rings is 1. The smallest absolute Gasteiger partial charge is 0.320 e. The lowest BCUT2D eigenvalue weighted by molar-refractivity contribution is -0.149. The molecule has 0 aliphatic rings. The summed E-state index contributed by atoms with van der Waals surface area (Å²) in [5, 5.41) is 0. The van der Waals surface area contributed by atoms with Crippen LogP contribution in [0.4, 0.5) is 0 Å². The third-order valence-electron chi connectivity index (χ3n) is 2.89. The van der Waals surface area contributed by atoms with Crippen LogP contribution in [0.15, 0.2) is 24.4 Å². The first kappa shape index (κ1) is 16.3. The van der Waals surface area contributed by atoms with Crippen molar-refractivity contribution in [2.24, 2.45) is 5.92 Å². The Morgan fingerprint density at radius 3 is 2.70 bits per heavy atom. The van der Waals surface area contributed by atoms with Crippen LogP contribution < -0.4 is 0 Å². The molecule has 0 amide bonds. The lowest BCUT2D eigenvalue weighted by Crippen LogP contribution is -2.30. The average Bonchev–Trinajstić information content (AvgIpc) is 2.43. The van der Waals surface area contributed by atoms with Crippen molar-refractivity contribution in [3.05, 3.63) is 30.1 Å². The van der Waals surface area contributed by atoms with Gasteiger partial charge in [-0.15, -0.1) is 0 Å². The van der Waals surface area contributed by atoms with Crippen LogP contribution >= 0.6 is 0 Å². The largest absolute Gasteiger partial charge is 0.457 e. The molecule has 0 spiro atoms. The number of nitrogens with zero attached hydrogens (tertiary/aromatic N) is 2. The maximum Gasteiger partial charge on any atom is 0.320 e. The number of ketones is 1. The number of likely N-dealkylation sites (N-methyl/N-ethyl adjacent to an activating group) is 1. The number of hydrogen-bond acceptors (Lipinski definition) is 5. The van der Waals surface area contributed by atoms with Crippen molar-refractivity contribution < 1.29 is 14.3 Å². The lowest BCUT2D eigenvalue weighted by Gasteiger charge is -2.15. The molecule has 0 atom stereocenters. The number of esters is 1. The zero-order chi connectivity index (χ0) is 15.0. The fourth-order valence-corrected chi connectivity index (χ4v) is 1.51. The summed E-state index contributed by atoms with van der Waals surface area (Å²) in [6, 6.07) is 5.76. The molecule has 0 bridgehead atoms. The van der Waals surface area contributed by atoms with E-state index in [1.54, 1.807) is 20.0 Å². The Bertz CT molecular complexity index is 432. The van der Waals surface area contributed by atoms with Gasteiger partial charge in [-0.05, 0) is 19.2 Å². The van der Waals surface area contributed by atoms with E-state index in [0.717, 1.165) is 12.1 Å². The first-order valence-electron chi connectivity index (χ1n) is 6.76. The third kappa shape index (κ3) is 6.43. The van der Waals surface area contributed by atoms with Crippen molar-refractivity contribution in [1.82, 2.24) is 9.88 Å². The SMILES string of the molecule is CC(C)C(=O)COC(=O)CN(C)CCc1ccccn1. The average molecular weight is 278 g/mol. The van der Waals surface area contributed by atoms with Gasteiger partial charge in [-0.2, -0.15) is 0 Å². The first-order chi connectivity index (χ1) is 9.49. The van der Waals surface area contributed by atoms with Gasteiger partial charge >= 0.3 is 5.97 Å². The van der Waals surface area contributed by atoms with E-state index in [1.807, 2.05) is 30.1 Å². The Labute approximate surface area is 119 Å². The highest BCUT2D eigenvalue weighted by Gasteiger charge is 2.12. The summed E-state index contributed by atoms with van der Waals surface area (Å²) < 4.78 is 4.94. The molecule has 1 rings (SSSR count). The highest BCUT2D eigenvalue weighted by atomic mass is 16.5. The highest BCUT2D eigenvalue weighted by Crippen LogP contribution is 1.98. The molecule has 0 radical (unpaired) electrons. The summed E-state index contributed by atoms with van der Waals surface area (Å²) >= 11 is 0. The minimum absolute atomic E-state index is 0.0607. The Morgan fingerprint density at radius 1 is 1.35 bits per heavy atom. The molecule has 0 saturated carbocycles. The quantitative estimate of drug-likeness (QED) is 0.671. The van der Waals surface area contributed by atoms with E-state index in [-0.39, 0.29) is 30.8 Å².